The minimum absolute atomic E-state index is 0.0204. The Morgan fingerprint density at radius 3 is 2.31 bits per heavy atom. The predicted molar refractivity (Wildman–Crippen MR) is 104 cm³/mol. The molecular weight excluding hydrogens is 328 g/mol. The first kappa shape index (κ1) is 19.2. The van der Waals surface area contributed by atoms with E-state index in [4.69, 9.17) is 4.74 Å². The summed E-state index contributed by atoms with van der Waals surface area (Å²) in [6.45, 7) is 3.87. The molecule has 0 bridgehead atoms. The van der Waals surface area contributed by atoms with E-state index in [1.807, 2.05) is 32.0 Å². The third-order valence-electron chi connectivity index (χ3n) is 3.50. The minimum atomic E-state index is -0.252. The Hall–Kier alpha value is -3.08. The topological polar surface area (TPSA) is 58.6 Å². The van der Waals surface area contributed by atoms with E-state index in [1.165, 1.54) is 11.0 Å². The molecule has 0 aliphatic rings. The Labute approximate surface area is 154 Å². The average molecular weight is 352 g/mol. The second-order valence-corrected chi connectivity index (χ2v) is 6.31. The van der Waals surface area contributed by atoms with Crippen LogP contribution in [-0.2, 0) is 4.79 Å². The molecule has 0 aliphatic carbocycles. The van der Waals surface area contributed by atoms with Gasteiger partial charge < -0.3 is 15.0 Å². The van der Waals surface area contributed by atoms with Crippen molar-refractivity contribution in [3.8, 4) is 5.75 Å². The molecule has 26 heavy (non-hydrogen) atoms. The maximum Gasteiger partial charge on any atom is 0.253 e. The number of amides is 2. The summed E-state index contributed by atoms with van der Waals surface area (Å²) in [6.07, 6.45) is 3.17. The van der Waals surface area contributed by atoms with Gasteiger partial charge in [0.15, 0.2) is 0 Å². The molecule has 1 N–H and O–H groups in total. The van der Waals surface area contributed by atoms with Crippen LogP contribution in [0.15, 0.2) is 54.6 Å². The van der Waals surface area contributed by atoms with Crippen molar-refractivity contribution >= 4 is 23.6 Å². The zero-order valence-corrected chi connectivity index (χ0v) is 15.5. The highest BCUT2D eigenvalue weighted by Gasteiger charge is 2.08. The Morgan fingerprint density at radius 2 is 1.69 bits per heavy atom. The monoisotopic (exact) mass is 352 g/mol. The summed E-state index contributed by atoms with van der Waals surface area (Å²) < 4.78 is 5.69. The summed E-state index contributed by atoms with van der Waals surface area (Å²) in [6, 6.07) is 14.4. The van der Waals surface area contributed by atoms with E-state index in [-0.39, 0.29) is 17.9 Å². The van der Waals surface area contributed by atoms with Crippen molar-refractivity contribution in [2.45, 2.75) is 20.0 Å². The molecule has 2 aromatic rings. The second-order valence-electron chi connectivity index (χ2n) is 6.31. The van der Waals surface area contributed by atoms with Crippen molar-refractivity contribution in [2.75, 3.05) is 19.4 Å². The molecule has 0 radical (unpaired) electrons. The first-order chi connectivity index (χ1) is 12.4. The van der Waals surface area contributed by atoms with Gasteiger partial charge >= 0.3 is 0 Å². The summed E-state index contributed by atoms with van der Waals surface area (Å²) in [5.74, 6) is 0.328. The molecule has 2 aromatic carbocycles. The molecule has 0 fully saturated rings. The van der Waals surface area contributed by atoms with Crippen molar-refractivity contribution in [3.05, 3.63) is 65.7 Å². The van der Waals surface area contributed by atoms with Crippen LogP contribution >= 0.6 is 0 Å². The summed E-state index contributed by atoms with van der Waals surface area (Å²) in [7, 11) is 3.42. The molecule has 0 atom stereocenters. The van der Waals surface area contributed by atoms with Gasteiger partial charge in [-0.2, -0.15) is 0 Å². The Kier molecular flexibility index (Phi) is 6.55. The minimum Gasteiger partial charge on any atom is -0.489 e. The quantitative estimate of drug-likeness (QED) is 0.804. The van der Waals surface area contributed by atoms with Gasteiger partial charge in [-0.1, -0.05) is 24.3 Å². The lowest BCUT2D eigenvalue weighted by atomic mass is 10.1. The van der Waals surface area contributed by atoms with E-state index in [9.17, 15) is 9.59 Å². The molecular formula is C21H24N2O3. The Bertz CT molecular complexity index is 793. The standard InChI is InChI=1S/C21H24N2O3/c1-15(2)26-19-8-6-5-7-18(19)22-20(24)14-11-16-9-12-17(13-10-16)21(25)23(3)4/h5-15H,1-4H3,(H,22,24)/b14-11+. The highest BCUT2D eigenvalue weighted by atomic mass is 16.5. The number of nitrogens with zero attached hydrogens (tertiary/aromatic N) is 1. The Balaban J connectivity index is 2.03. The van der Waals surface area contributed by atoms with Crippen LogP contribution in [-0.4, -0.2) is 36.9 Å². The smallest absolute Gasteiger partial charge is 0.253 e. The van der Waals surface area contributed by atoms with Gasteiger partial charge in [-0.3, -0.25) is 9.59 Å². The van der Waals surface area contributed by atoms with Crippen LogP contribution in [0.1, 0.15) is 29.8 Å². The first-order valence-corrected chi connectivity index (χ1v) is 8.43. The number of anilines is 1. The largest absolute Gasteiger partial charge is 0.489 e. The number of carbonyl (C=O) groups excluding carboxylic acids is 2. The van der Waals surface area contributed by atoms with Crippen LogP contribution in [0.3, 0.4) is 0 Å². The van der Waals surface area contributed by atoms with Crippen LogP contribution in [0.4, 0.5) is 5.69 Å². The fourth-order valence-corrected chi connectivity index (χ4v) is 2.27. The molecule has 136 valence electrons. The van der Waals surface area contributed by atoms with Crippen molar-refractivity contribution in [2.24, 2.45) is 0 Å². The summed E-state index contributed by atoms with van der Waals surface area (Å²) >= 11 is 0. The fourth-order valence-electron chi connectivity index (χ4n) is 2.27. The number of benzene rings is 2. The van der Waals surface area contributed by atoms with Crippen molar-refractivity contribution in [1.82, 2.24) is 4.90 Å². The third kappa shape index (κ3) is 5.48. The third-order valence-corrected chi connectivity index (χ3v) is 3.50. The first-order valence-electron chi connectivity index (χ1n) is 8.43. The van der Waals surface area contributed by atoms with Gasteiger partial charge in [-0.15, -0.1) is 0 Å². The zero-order chi connectivity index (χ0) is 19.1. The highest BCUT2D eigenvalue weighted by Crippen LogP contribution is 2.24. The number of para-hydroxylation sites is 2. The fraction of sp³-hybridized carbons (Fsp3) is 0.238. The van der Waals surface area contributed by atoms with Gasteiger partial charge in [0.05, 0.1) is 11.8 Å². The molecule has 0 saturated carbocycles. The number of hydrogen-bond acceptors (Lipinski definition) is 3. The van der Waals surface area contributed by atoms with E-state index in [2.05, 4.69) is 5.32 Å². The maximum atomic E-state index is 12.2. The average Bonchev–Trinajstić information content (AvgIpc) is 2.61. The van der Waals surface area contributed by atoms with Gasteiger partial charge in [0, 0.05) is 25.7 Å². The SMILES string of the molecule is CC(C)Oc1ccccc1NC(=O)/C=C/c1ccc(C(=O)N(C)C)cc1. The zero-order valence-electron chi connectivity index (χ0n) is 15.5. The maximum absolute atomic E-state index is 12.2. The number of nitrogens with one attached hydrogen (secondary N) is 1. The molecule has 0 spiro atoms. The van der Waals surface area contributed by atoms with Gasteiger partial charge in [0.2, 0.25) is 5.91 Å². The normalized spacial score (nSPS) is 10.8. The number of rotatable bonds is 6. The molecule has 0 saturated heterocycles. The lowest BCUT2D eigenvalue weighted by Gasteiger charge is -2.14. The van der Waals surface area contributed by atoms with Crippen LogP contribution in [0, 0.1) is 0 Å². The lowest BCUT2D eigenvalue weighted by Crippen LogP contribution is -2.21. The molecule has 0 heterocycles. The number of ether oxygens (including phenoxy) is 1. The molecule has 0 aliphatic heterocycles. The van der Waals surface area contributed by atoms with E-state index in [0.29, 0.717) is 17.0 Å². The van der Waals surface area contributed by atoms with Crippen molar-refractivity contribution in [1.29, 1.82) is 0 Å². The van der Waals surface area contributed by atoms with Gasteiger partial charge in [-0.05, 0) is 49.8 Å². The summed E-state index contributed by atoms with van der Waals surface area (Å²) in [5, 5.41) is 2.82. The summed E-state index contributed by atoms with van der Waals surface area (Å²) in [5.41, 5.74) is 2.07. The van der Waals surface area contributed by atoms with E-state index < -0.39 is 0 Å². The van der Waals surface area contributed by atoms with Crippen molar-refractivity contribution in [3.63, 3.8) is 0 Å². The molecule has 0 aromatic heterocycles. The van der Waals surface area contributed by atoms with Crippen molar-refractivity contribution < 1.29 is 14.3 Å². The van der Waals surface area contributed by atoms with Crippen LogP contribution in [0.5, 0.6) is 5.75 Å². The number of hydrogen-bond donors (Lipinski definition) is 1. The van der Waals surface area contributed by atoms with Gasteiger partial charge in [0.1, 0.15) is 5.75 Å². The highest BCUT2D eigenvalue weighted by molar-refractivity contribution is 6.02. The van der Waals surface area contributed by atoms with E-state index in [1.54, 1.807) is 50.5 Å². The molecule has 5 nitrogen and oxygen atoms in total. The van der Waals surface area contributed by atoms with Crippen LogP contribution < -0.4 is 10.1 Å². The second kappa shape index (κ2) is 8.85. The summed E-state index contributed by atoms with van der Waals surface area (Å²) in [4.78, 5) is 25.6. The van der Waals surface area contributed by atoms with Crippen LogP contribution in [0.25, 0.3) is 6.08 Å². The molecule has 2 rings (SSSR count). The number of carbonyl (C=O) groups is 2. The lowest BCUT2D eigenvalue weighted by molar-refractivity contribution is -0.111. The molecule has 0 unspecified atom stereocenters. The van der Waals surface area contributed by atoms with Crippen LogP contribution in [0.2, 0.25) is 0 Å². The van der Waals surface area contributed by atoms with Gasteiger partial charge in [0.25, 0.3) is 5.91 Å². The molecule has 2 amide bonds. The van der Waals surface area contributed by atoms with E-state index >= 15 is 0 Å². The van der Waals surface area contributed by atoms with Gasteiger partial charge in [-0.25, -0.2) is 0 Å². The Morgan fingerprint density at radius 1 is 1.04 bits per heavy atom. The predicted octanol–water partition coefficient (Wildman–Crippen LogP) is 3.83. The molecule has 5 heteroatoms. The van der Waals surface area contributed by atoms with E-state index in [0.717, 1.165) is 5.56 Å².